The Balaban J connectivity index is 1.94. The Labute approximate surface area is 84.7 Å². The molecule has 0 radical (unpaired) electrons. The molecule has 0 unspecified atom stereocenters. The van der Waals surface area contributed by atoms with E-state index in [2.05, 4.69) is 16.1 Å². The van der Waals surface area contributed by atoms with Crippen molar-refractivity contribution in [2.24, 2.45) is 12.8 Å². The smallest absolute Gasteiger partial charge is 0.0521 e. The third-order valence-corrected chi connectivity index (χ3v) is 2.85. The highest BCUT2D eigenvalue weighted by Crippen LogP contribution is 2.11. The van der Waals surface area contributed by atoms with E-state index in [0.717, 1.165) is 13.1 Å². The molecule has 1 fully saturated rings. The van der Waals surface area contributed by atoms with Crippen molar-refractivity contribution in [3.05, 3.63) is 18.0 Å². The molecule has 1 atom stereocenters. The molecule has 0 aliphatic carbocycles. The van der Waals surface area contributed by atoms with Crippen LogP contribution >= 0.6 is 0 Å². The highest BCUT2D eigenvalue weighted by Gasteiger charge is 2.17. The van der Waals surface area contributed by atoms with E-state index in [1.807, 2.05) is 17.9 Å². The monoisotopic (exact) mass is 194 g/mol. The normalized spacial score (nSPS) is 24.0. The third-order valence-electron chi connectivity index (χ3n) is 2.85. The average Bonchev–Trinajstić information content (AvgIpc) is 2.52. The number of rotatable bonds is 2. The summed E-state index contributed by atoms with van der Waals surface area (Å²) in [7, 11) is 1.99. The van der Waals surface area contributed by atoms with E-state index in [4.69, 9.17) is 5.73 Å². The SMILES string of the molecule is Cn1nccc1CN1CCC[C@@H](N)C1. The Kier molecular flexibility index (Phi) is 2.84. The lowest BCUT2D eigenvalue weighted by Crippen LogP contribution is -2.42. The van der Waals surface area contributed by atoms with Crippen LogP contribution in [0, 0.1) is 0 Å². The molecule has 1 aliphatic heterocycles. The molecule has 0 amide bonds. The summed E-state index contributed by atoms with van der Waals surface area (Å²) in [5.74, 6) is 0. The number of nitrogens with zero attached hydrogens (tertiary/aromatic N) is 3. The Morgan fingerprint density at radius 2 is 2.50 bits per heavy atom. The quantitative estimate of drug-likeness (QED) is 0.738. The molecular formula is C10H18N4. The molecule has 1 aromatic heterocycles. The van der Waals surface area contributed by atoms with Crippen molar-refractivity contribution < 1.29 is 0 Å². The summed E-state index contributed by atoms with van der Waals surface area (Å²) in [6, 6.07) is 2.43. The van der Waals surface area contributed by atoms with Crippen molar-refractivity contribution in [3.8, 4) is 0 Å². The summed E-state index contributed by atoms with van der Waals surface area (Å²) in [4.78, 5) is 2.41. The van der Waals surface area contributed by atoms with Crippen molar-refractivity contribution in [3.63, 3.8) is 0 Å². The molecule has 0 saturated carbocycles. The minimum Gasteiger partial charge on any atom is -0.327 e. The van der Waals surface area contributed by atoms with Gasteiger partial charge in [-0.3, -0.25) is 9.58 Å². The van der Waals surface area contributed by atoms with Crippen LogP contribution in [0.5, 0.6) is 0 Å². The molecule has 14 heavy (non-hydrogen) atoms. The highest BCUT2D eigenvalue weighted by molar-refractivity contribution is 5.00. The van der Waals surface area contributed by atoms with E-state index in [9.17, 15) is 0 Å². The maximum absolute atomic E-state index is 5.93. The van der Waals surface area contributed by atoms with Crippen molar-refractivity contribution in [2.75, 3.05) is 13.1 Å². The highest BCUT2D eigenvalue weighted by atomic mass is 15.3. The maximum atomic E-state index is 5.93. The van der Waals surface area contributed by atoms with E-state index in [1.165, 1.54) is 25.1 Å². The topological polar surface area (TPSA) is 47.1 Å². The minimum absolute atomic E-state index is 0.358. The van der Waals surface area contributed by atoms with E-state index in [1.54, 1.807) is 0 Å². The number of aryl methyl sites for hydroxylation is 1. The standard InChI is InChI=1S/C10H18N4/c1-13-10(4-5-12-13)8-14-6-2-3-9(11)7-14/h4-5,9H,2-3,6-8,11H2,1H3/t9-/m1/s1. The lowest BCUT2D eigenvalue weighted by atomic mass is 10.1. The van der Waals surface area contributed by atoms with Crippen molar-refractivity contribution in [2.45, 2.75) is 25.4 Å². The van der Waals surface area contributed by atoms with Crippen LogP contribution in [0.4, 0.5) is 0 Å². The maximum Gasteiger partial charge on any atom is 0.0521 e. The Morgan fingerprint density at radius 1 is 1.64 bits per heavy atom. The molecule has 4 heteroatoms. The van der Waals surface area contributed by atoms with Crippen molar-refractivity contribution >= 4 is 0 Å². The molecule has 78 valence electrons. The summed E-state index contributed by atoms with van der Waals surface area (Å²) in [6.07, 6.45) is 4.24. The molecule has 0 spiro atoms. The fourth-order valence-electron chi connectivity index (χ4n) is 2.02. The molecule has 2 heterocycles. The van der Waals surface area contributed by atoms with Gasteiger partial charge in [0.15, 0.2) is 0 Å². The van der Waals surface area contributed by atoms with Gasteiger partial charge in [0.1, 0.15) is 0 Å². The van der Waals surface area contributed by atoms with Crippen molar-refractivity contribution in [1.29, 1.82) is 0 Å². The second-order valence-corrected chi connectivity index (χ2v) is 4.08. The zero-order valence-corrected chi connectivity index (χ0v) is 8.69. The first-order chi connectivity index (χ1) is 6.75. The van der Waals surface area contributed by atoms with Gasteiger partial charge in [0, 0.05) is 32.4 Å². The van der Waals surface area contributed by atoms with Crippen LogP contribution in [0.3, 0.4) is 0 Å². The minimum atomic E-state index is 0.358. The van der Waals surface area contributed by atoms with Gasteiger partial charge in [-0.15, -0.1) is 0 Å². The van der Waals surface area contributed by atoms with Crippen LogP contribution in [0.25, 0.3) is 0 Å². The number of likely N-dealkylation sites (tertiary alicyclic amines) is 1. The first kappa shape index (κ1) is 9.68. The van der Waals surface area contributed by atoms with Crippen molar-refractivity contribution in [1.82, 2.24) is 14.7 Å². The fraction of sp³-hybridized carbons (Fsp3) is 0.700. The summed E-state index contributed by atoms with van der Waals surface area (Å²) in [5.41, 5.74) is 7.19. The summed E-state index contributed by atoms with van der Waals surface area (Å²) in [6.45, 7) is 3.16. The number of nitrogens with two attached hydrogens (primary N) is 1. The molecule has 2 rings (SSSR count). The predicted molar refractivity (Wildman–Crippen MR) is 55.7 cm³/mol. The fourth-order valence-corrected chi connectivity index (χ4v) is 2.02. The Hall–Kier alpha value is -0.870. The molecule has 1 aromatic rings. The Morgan fingerprint density at radius 3 is 3.14 bits per heavy atom. The lowest BCUT2D eigenvalue weighted by Gasteiger charge is -2.30. The number of piperidine rings is 1. The van der Waals surface area contributed by atoms with Crippen LogP contribution in [0.1, 0.15) is 18.5 Å². The zero-order valence-electron chi connectivity index (χ0n) is 8.69. The Bertz CT molecular complexity index is 294. The summed E-state index contributed by atoms with van der Waals surface area (Å²) in [5, 5.41) is 4.16. The molecule has 2 N–H and O–H groups in total. The first-order valence-electron chi connectivity index (χ1n) is 5.20. The van der Waals surface area contributed by atoms with E-state index in [0.29, 0.717) is 6.04 Å². The van der Waals surface area contributed by atoms with Crippen LogP contribution < -0.4 is 5.73 Å². The summed E-state index contributed by atoms with van der Waals surface area (Å²) < 4.78 is 1.93. The van der Waals surface area contributed by atoms with Gasteiger partial charge < -0.3 is 5.73 Å². The van der Waals surface area contributed by atoms with Crippen LogP contribution in [0.15, 0.2) is 12.3 Å². The van der Waals surface area contributed by atoms with Gasteiger partial charge in [0.25, 0.3) is 0 Å². The molecular weight excluding hydrogens is 176 g/mol. The van der Waals surface area contributed by atoms with E-state index < -0.39 is 0 Å². The van der Waals surface area contributed by atoms with Gasteiger partial charge in [0.05, 0.1) is 5.69 Å². The van der Waals surface area contributed by atoms with E-state index in [-0.39, 0.29) is 0 Å². The number of hydrogen-bond donors (Lipinski definition) is 1. The van der Waals surface area contributed by atoms with Gasteiger partial charge in [-0.05, 0) is 25.5 Å². The third kappa shape index (κ3) is 2.13. The largest absolute Gasteiger partial charge is 0.327 e. The average molecular weight is 194 g/mol. The van der Waals surface area contributed by atoms with Gasteiger partial charge >= 0.3 is 0 Å². The lowest BCUT2D eigenvalue weighted by molar-refractivity contribution is 0.197. The second kappa shape index (κ2) is 4.11. The van der Waals surface area contributed by atoms with Gasteiger partial charge in [-0.2, -0.15) is 5.10 Å². The zero-order chi connectivity index (χ0) is 9.97. The number of aromatic nitrogens is 2. The molecule has 1 aliphatic rings. The van der Waals surface area contributed by atoms with Gasteiger partial charge in [0.2, 0.25) is 0 Å². The molecule has 0 bridgehead atoms. The molecule has 0 aromatic carbocycles. The number of hydrogen-bond acceptors (Lipinski definition) is 3. The predicted octanol–water partition coefficient (Wildman–Crippen LogP) is 0.343. The molecule has 1 saturated heterocycles. The van der Waals surface area contributed by atoms with Crippen LogP contribution in [-0.2, 0) is 13.6 Å². The van der Waals surface area contributed by atoms with Crippen LogP contribution in [-0.4, -0.2) is 33.8 Å². The first-order valence-corrected chi connectivity index (χ1v) is 5.20. The van der Waals surface area contributed by atoms with Gasteiger partial charge in [-0.1, -0.05) is 0 Å². The second-order valence-electron chi connectivity index (χ2n) is 4.08. The van der Waals surface area contributed by atoms with Crippen LogP contribution in [0.2, 0.25) is 0 Å². The van der Waals surface area contributed by atoms with Gasteiger partial charge in [-0.25, -0.2) is 0 Å². The molecule has 4 nitrogen and oxygen atoms in total. The van der Waals surface area contributed by atoms with E-state index >= 15 is 0 Å². The summed E-state index contributed by atoms with van der Waals surface area (Å²) >= 11 is 0.